The number of aromatic nitrogens is 2. The van der Waals surface area contributed by atoms with Gasteiger partial charge < -0.3 is 10.2 Å². The van der Waals surface area contributed by atoms with Crippen LogP contribution in [0.15, 0.2) is 66.9 Å². The van der Waals surface area contributed by atoms with E-state index in [1.54, 1.807) is 0 Å². The number of piperazine rings is 1. The molecule has 1 aliphatic heterocycles. The lowest BCUT2D eigenvalue weighted by Gasteiger charge is -2.35. The van der Waals surface area contributed by atoms with Crippen molar-refractivity contribution in [1.82, 2.24) is 14.9 Å². The average molecular weight is 359 g/mol. The number of hydrogen-bond donors (Lipinski definition) is 1. The second-order valence-electron chi connectivity index (χ2n) is 6.98. The molecule has 2 aromatic carbocycles. The van der Waals surface area contributed by atoms with Crippen LogP contribution in [0.4, 0.5) is 17.5 Å². The summed E-state index contributed by atoms with van der Waals surface area (Å²) in [6.07, 6.45) is 1.83. The topological polar surface area (TPSA) is 44.3 Å². The van der Waals surface area contributed by atoms with E-state index in [9.17, 15) is 0 Å². The van der Waals surface area contributed by atoms with Crippen molar-refractivity contribution in [3.05, 3.63) is 78.0 Å². The van der Waals surface area contributed by atoms with Gasteiger partial charge in [-0.2, -0.15) is 4.98 Å². The molecule has 1 fully saturated rings. The summed E-state index contributed by atoms with van der Waals surface area (Å²) < 4.78 is 0. The van der Waals surface area contributed by atoms with Crippen LogP contribution in [0.3, 0.4) is 0 Å². The van der Waals surface area contributed by atoms with Crippen molar-refractivity contribution >= 4 is 17.5 Å². The number of nitrogens with zero attached hydrogens (tertiary/aromatic N) is 4. The minimum atomic E-state index is 0.642. The third kappa shape index (κ3) is 4.63. The molecule has 1 N–H and O–H groups in total. The molecule has 0 amide bonds. The van der Waals surface area contributed by atoms with Crippen LogP contribution in [0.25, 0.3) is 0 Å². The number of rotatable bonds is 5. The van der Waals surface area contributed by atoms with Gasteiger partial charge in [0, 0.05) is 44.6 Å². The van der Waals surface area contributed by atoms with Gasteiger partial charge in [0.1, 0.15) is 5.82 Å². The zero-order valence-electron chi connectivity index (χ0n) is 15.7. The summed E-state index contributed by atoms with van der Waals surface area (Å²) in [6.45, 7) is 7.14. The second-order valence-corrected chi connectivity index (χ2v) is 6.98. The predicted octanol–water partition coefficient (Wildman–Crippen LogP) is 3.85. The molecule has 0 bridgehead atoms. The molecule has 138 valence electrons. The maximum absolute atomic E-state index is 4.71. The van der Waals surface area contributed by atoms with Gasteiger partial charge in [-0.05, 0) is 30.7 Å². The zero-order valence-corrected chi connectivity index (χ0v) is 15.7. The van der Waals surface area contributed by atoms with Gasteiger partial charge in [0.2, 0.25) is 5.95 Å². The molecule has 5 heteroatoms. The Kier molecular flexibility index (Phi) is 5.30. The van der Waals surface area contributed by atoms with Crippen molar-refractivity contribution < 1.29 is 0 Å². The lowest BCUT2D eigenvalue weighted by molar-refractivity contribution is 0.249. The quantitative estimate of drug-likeness (QED) is 0.750. The van der Waals surface area contributed by atoms with E-state index < -0.39 is 0 Å². The average Bonchev–Trinajstić information content (AvgIpc) is 2.71. The minimum absolute atomic E-state index is 0.642. The third-order valence-corrected chi connectivity index (χ3v) is 4.89. The number of anilines is 3. The van der Waals surface area contributed by atoms with Crippen LogP contribution in [0.1, 0.15) is 11.1 Å². The van der Waals surface area contributed by atoms with Crippen molar-refractivity contribution in [1.29, 1.82) is 0 Å². The first-order valence-electron chi connectivity index (χ1n) is 9.44. The Morgan fingerprint density at radius 1 is 0.889 bits per heavy atom. The molecule has 3 aromatic rings. The highest BCUT2D eigenvalue weighted by Crippen LogP contribution is 2.18. The summed E-state index contributed by atoms with van der Waals surface area (Å²) in [7, 11) is 0. The van der Waals surface area contributed by atoms with E-state index in [0.717, 1.165) is 44.2 Å². The summed E-state index contributed by atoms with van der Waals surface area (Å²) in [5.41, 5.74) is 3.62. The second kappa shape index (κ2) is 8.18. The van der Waals surface area contributed by atoms with Gasteiger partial charge in [0.25, 0.3) is 0 Å². The number of aryl methyl sites for hydroxylation is 1. The van der Waals surface area contributed by atoms with Crippen LogP contribution in [-0.2, 0) is 6.54 Å². The fraction of sp³-hybridized carbons (Fsp3) is 0.273. The molecule has 1 saturated heterocycles. The molecule has 5 nitrogen and oxygen atoms in total. The summed E-state index contributed by atoms with van der Waals surface area (Å²) in [5.74, 6) is 1.63. The first-order chi connectivity index (χ1) is 13.3. The molecule has 0 radical (unpaired) electrons. The van der Waals surface area contributed by atoms with Gasteiger partial charge in [0.15, 0.2) is 0 Å². The van der Waals surface area contributed by atoms with Crippen molar-refractivity contribution in [3.63, 3.8) is 0 Å². The summed E-state index contributed by atoms with van der Waals surface area (Å²) in [5, 5.41) is 3.29. The SMILES string of the molecule is Cc1ccc(Nc2nccc(N3CCN(Cc4ccccc4)CC3)n2)cc1. The van der Waals surface area contributed by atoms with E-state index in [1.165, 1.54) is 11.1 Å². The van der Waals surface area contributed by atoms with E-state index in [1.807, 2.05) is 24.4 Å². The van der Waals surface area contributed by atoms with Gasteiger partial charge in [-0.3, -0.25) is 4.90 Å². The van der Waals surface area contributed by atoms with E-state index in [2.05, 4.69) is 69.5 Å². The van der Waals surface area contributed by atoms with Crippen LogP contribution >= 0.6 is 0 Å². The summed E-state index contributed by atoms with van der Waals surface area (Å²) in [4.78, 5) is 13.9. The fourth-order valence-electron chi connectivity index (χ4n) is 3.33. The van der Waals surface area contributed by atoms with Crippen LogP contribution in [-0.4, -0.2) is 41.0 Å². The van der Waals surface area contributed by atoms with Gasteiger partial charge in [-0.25, -0.2) is 4.98 Å². The molecule has 1 aromatic heterocycles. The van der Waals surface area contributed by atoms with E-state index in [0.29, 0.717) is 5.95 Å². The highest BCUT2D eigenvalue weighted by molar-refractivity contribution is 5.55. The monoisotopic (exact) mass is 359 g/mol. The molecule has 4 rings (SSSR count). The Morgan fingerprint density at radius 2 is 1.63 bits per heavy atom. The molecule has 1 aliphatic rings. The molecular weight excluding hydrogens is 334 g/mol. The van der Waals surface area contributed by atoms with Crippen molar-refractivity contribution in [3.8, 4) is 0 Å². The van der Waals surface area contributed by atoms with Crippen LogP contribution in [0, 0.1) is 6.92 Å². The third-order valence-electron chi connectivity index (χ3n) is 4.89. The lowest BCUT2D eigenvalue weighted by Crippen LogP contribution is -2.46. The van der Waals surface area contributed by atoms with Gasteiger partial charge in [0.05, 0.1) is 0 Å². The smallest absolute Gasteiger partial charge is 0.229 e. The van der Waals surface area contributed by atoms with Gasteiger partial charge >= 0.3 is 0 Å². The molecule has 0 unspecified atom stereocenters. The fourth-order valence-corrected chi connectivity index (χ4v) is 3.33. The first kappa shape index (κ1) is 17.5. The Morgan fingerprint density at radius 3 is 2.37 bits per heavy atom. The molecule has 27 heavy (non-hydrogen) atoms. The van der Waals surface area contributed by atoms with Crippen LogP contribution in [0.2, 0.25) is 0 Å². The molecule has 2 heterocycles. The number of nitrogens with one attached hydrogen (secondary N) is 1. The molecular formula is C22H25N5. The molecule has 0 atom stereocenters. The Balaban J connectivity index is 1.36. The maximum atomic E-state index is 4.71. The Labute approximate surface area is 160 Å². The standard InChI is InChI=1S/C22H25N5/c1-18-7-9-20(10-8-18)24-22-23-12-11-21(25-22)27-15-13-26(14-16-27)17-19-5-3-2-4-6-19/h2-12H,13-17H2,1H3,(H,23,24,25). The molecule has 0 spiro atoms. The van der Waals surface area contributed by atoms with Gasteiger partial charge in [-0.1, -0.05) is 48.0 Å². The lowest BCUT2D eigenvalue weighted by atomic mass is 10.2. The van der Waals surface area contributed by atoms with E-state index >= 15 is 0 Å². The predicted molar refractivity (Wildman–Crippen MR) is 110 cm³/mol. The summed E-state index contributed by atoms with van der Waals surface area (Å²) >= 11 is 0. The number of hydrogen-bond acceptors (Lipinski definition) is 5. The first-order valence-corrected chi connectivity index (χ1v) is 9.44. The highest BCUT2D eigenvalue weighted by Gasteiger charge is 2.18. The Bertz CT molecular complexity index is 855. The van der Waals surface area contributed by atoms with Crippen molar-refractivity contribution in [2.45, 2.75) is 13.5 Å². The zero-order chi connectivity index (χ0) is 18.5. The minimum Gasteiger partial charge on any atom is -0.354 e. The van der Waals surface area contributed by atoms with Crippen LogP contribution < -0.4 is 10.2 Å². The van der Waals surface area contributed by atoms with E-state index in [-0.39, 0.29) is 0 Å². The summed E-state index contributed by atoms with van der Waals surface area (Å²) in [6, 6.07) is 20.9. The van der Waals surface area contributed by atoms with Crippen molar-refractivity contribution in [2.24, 2.45) is 0 Å². The Hall–Kier alpha value is -2.92. The van der Waals surface area contributed by atoms with Crippen molar-refractivity contribution in [2.75, 3.05) is 36.4 Å². The molecule has 0 aliphatic carbocycles. The largest absolute Gasteiger partial charge is 0.354 e. The molecule has 0 saturated carbocycles. The normalized spacial score (nSPS) is 14.9. The van der Waals surface area contributed by atoms with E-state index in [4.69, 9.17) is 4.98 Å². The maximum Gasteiger partial charge on any atom is 0.229 e. The highest BCUT2D eigenvalue weighted by atomic mass is 15.3. The van der Waals surface area contributed by atoms with Crippen LogP contribution in [0.5, 0.6) is 0 Å². The number of benzene rings is 2. The van der Waals surface area contributed by atoms with Gasteiger partial charge in [-0.15, -0.1) is 0 Å².